The van der Waals surface area contributed by atoms with Crippen LogP contribution in [0.4, 0.5) is 10.2 Å². The Hall–Kier alpha value is -3.07. The minimum Gasteiger partial charge on any atom is -0.388 e. The number of aryl methyl sites for hydroxylation is 1. The maximum atomic E-state index is 14.7. The summed E-state index contributed by atoms with van der Waals surface area (Å²) in [5.41, 5.74) is 9.16. The third-order valence-electron chi connectivity index (χ3n) is 6.44. The van der Waals surface area contributed by atoms with E-state index in [0.717, 1.165) is 11.1 Å². The molecule has 1 aromatic carbocycles. The first-order valence-corrected chi connectivity index (χ1v) is 11.0. The zero-order valence-electron chi connectivity index (χ0n) is 18.1. The van der Waals surface area contributed by atoms with Gasteiger partial charge in [0.1, 0.15) is 35.8 Å². The first-order valence-electron chi connectivity index (χ1n) is 10.6. The van der Waals surface area contributed by atoms with Crippen molar-refractivity contribution in [1.82, 2.24) is 19.5 Å². The van der Waals surface area contributed by atoms with E-state index in [1.165, 1.54) is 18.5 Å². The van der Waals surface area contributed by atoms with Crippen molar-refractivity contribution in [1.29, 1.82) is 0 Å². The Balaban J connectivity index is 1.46. The SMILES string of the molecule is Cc1ncnc2c1ccn2C1C=C(C(C)Cc2cc(F)c3cc(Cl)c(N)nc3c2)C(O)[C@@H]1O. The molecule has 0 aliphatic heterocycles. The predicted molar refractivity (Wildman–Crippen MR) is 125 cm³/mol. The van der Waals surface area contributed by atoms with Gasteiger partial charge in [0.2, 0.25) is 0 Å². The molecular formula is C24H23ClFN5O2. The number of rotatable bonds is 4. The molecule has 9 heteroatoms. The predicted octanol–water partition coefficient (Wildman–Crippen LogP) is 3.74. The van der Waals surface area contributed by atoms with Gasteiger partial charge in [-0.2, -0.15) is 0 Å². The summed E-state index contributed by atoms with van der Waals surface area (Å²) < 4.78 is 16.5. The maximum absolute atomic E-state index is 14.7. The lowest BCUT2D eigenvalue weighted by Crippen LogP contribution is -2.30. The summed E-state index contributed by atoms with van der Waals surface area (Å²) in [6.45, 7) is 3.84. The second kappa shape index (κ2) is 8.06. The fraction of sp³-hybridized carbons (Fsp3) is 0.292. The molecule has 4 N–H and O–H groups in total. The van der Waals surface area contributed by atoms with Gasteiger partial charge in [-0.1, -0.05) is 24.6 Å². The molecule has 0 saturated heterocycles. The molecule has 33 heavy (non-hydrogen) atoms. The zero-order chi connectivity index (χ0) is 23.4. The van der Waals surface area contributed by atoms with Crippen LogP contribution in [0.1, 0.15) is 24.2 Å². The monoisotopic (exact) mass is 467 g/mol. The van der Waals surface area contributed by atoms with Crippen molar-refractivity contribution in [3.8, 4) is 0 Å². The number of fused-ring (bicyclic) bond motifs is 2. The lowest BCUT2D eigenvalue weighted by Gasteiger charge is -2.21. The average molecular weight is 468 g/mol. The molecule has 1 aliphatic rings. The van der Waals surface area contributed by atoms with Crippen LogP contribution in [0.25, 0.3) is 21.9 Å². The van der Waals surface area contributed by atoms with Crippen LogP contribution in [-0.4, -0.2) is 41.9 Å². The Morgan fingerprint density at radius 2 is 2.00 bits per heavy atom. The average Bonchev–Trinajstić information content (AvgIpc) is 3.32. The van der Waals surface area contributed by atoms with Crippen LogP contribution < -0.4 is 5.73 Å². The second-order valence-electron chi connectivity index (χ2n) is 8.62. The van der Waals surface area contributed by atoms with Gasteiger partial charge in [0.25, 0.3) is 0 Å². The quantitative estimate of drug-likeness (QED) is 0.394. The standard InChI is InChI=1S/C24H23ClFN5O2/c1-11(5-13-6-18(26)16-8-17(25)23(27)30-19(16)7-13)15-9-20(22(33)21(15)32)31-4-3-14-12(2)28-10-29-24(14)31/h3-4,6-11,20-22,32-33H,5H2,1-2H3,(H2,27,30)/t11?,20?,21?,22-/m1/s1. The third-order valence-corrected chi connectivity index (χ3v) is 6.75. The van der Waals surface area contributed by atoms with E-state index >= 15 is 0 Å². The number of halogens is 2. The number of benzene rings is 1. The molecule has 0 fully saturated rings. The molecule has 7 nitrogen and oxygen atoms in total. The van der Waals surface area contributed by atoms with Crippen molar-refractivity contribution in [2.45, 2.75) is 38.5 Å². The van der Waals surface area contributed by atoms with E-state index < -0.39 is 24.1 Å². The Morgan fingerprint density at radius 1 is 1.21 bits per heavy atom. The normalized spacial score (nSPS) is 21.6. The highest BCUT2D eigenvalue weighted by Crippen LogP contribution is 2.37. The second-order valence-corrected chi connectivity index (χ2v) is 9.02. The number of aromatic nitrogens is 4. The largest absolute Gasteiger partial charge is 0.388 e. The molecule has 3 unspecified atom stereocenters. The lowest BCUT2D eigenvalue weighted by atomic mass is 9.91. The van der Waals surface area contributed by atoms with E-state index in [1.807, 2.05) is 36.8 Å². The third kappa shape index (κ3) is 3.64. The smallest absolute Gasteiger partial charge is 0.144 e. The molecule has 4 atom stereocenters. The highest BCUT2D eigenvalue weighted by Gasteiger charge is 2.38. The number of nitrogen functional groups attached to an aromatic ring is 1. The summed E-state index contributed by atoms with van der Waals surface area (Å²) >= 11 is 5.98. The van der Waals surface area contributed by atoms with Crippen molar-refractivity contribution in [3.63, 3.8) is 0 Å². The lowest BCUT2D eigenvalue weighted by molar-refractivity contribution is 0.0293. The van der Waals surface area contributed by atoms with Crippen LogP contribution in [0.15, 0.2) is 48.4 Å². The summed E-state index contributed by atoms with van der Waals surface area (Å²) in [5, 5.41) is 23.0. The summed E-state index contributed by atoms with van der Waals surface area (Å²) in [5.74, 6) is -0.442. The van der Waals surface area contributed by atoms with Crippen LogP contribution in [0.5, 0.6) is 0 Å². The van der Waals surface area contributed by atoms with E-state index in [1.54, 1.807) is 6.07 Å². The molecule has 0 spiro atoms. The molecule has 3 heterocycles. The van der Waals surface area contributed by atoms with Gasteiger partial charge in [0.15, 0.2) is 0 Å². The fourth-order valence-electron chi connectivity index (χ4n) is 4.68. The number of anilines is 1. The van der Waals surface area contributed by atoms with Crippen LogP contribution >= 0.6 is 11.6 Å². The van der Waals surface area contributed by atoms with E-state index in [9.17, 15) is 14.6 Å². The van der Waals surface area contributed by atoms with E-state index in [4.69, 9.17) is 17.3 Å². The van der Waals surface area contributed by atoms with Gasteiger partial charge in [0.05, 0.1) is 22.3 Å². The number of aliphatic hydroxyl groups is 2. The topological polar surface area (TPSA) is 110 Å². The molecular weight excluding hydrogens is 445 g/mol. The Bertz CT molecular complexity index is 1420. The minimum atomic E-state index is -1.04. The number of aliphatic hydroxyl groups excluding tert-OH is 2. The molecule has 4 aromatic rings. The molecule has 3 aromatic heterocycles. The zero-order valence-corrected chi connectivity index (χ0v) is 18.8. The summed E-state index contributed by atoms with van der Waals surface area (Å²) in [6.07, 6.45) is 3.60. The van der Waals surface area contributed by atoms with Gasteiger partial charge < -0.3 is 20.5 Å². The number of pyridine rings is 1. The van der Waals surface area contributed by atoms with Gasteiger partial charge in [-0.15, -0.1) is 0 Å². The molecule has 0 radical (unpaired) electrons. The molecule has 0 amide bonds. The number of hydrogen-bond acceptors (Lipinski definition) is 6. The molecule has 0 saturated carbocycles. The van der Waals surface area contributed by atoms with E-state index in [2.05, 4.69) is 15.0 Å². The summed E-state index contributed by atoms with van der Waals surface area (Å²) in [7, 11) is 0. The molecule has 0 bridgehead atoms. The fourth-order valence-corrected chi connectivity index (χ4v) is 4.83. The molecule has 170 valence electrons. The van der Waals surface area contributed by atoms with Crippen LogP contribution in [0.3, 0.4) is 0 Å². The number of nitrogens with zero attached hydrogens (tertiary/aromatic N) is 4. The highest BCUT2D eigenvalue weighted by molar-refractivity contribution is 6.33. The van der Waals surface area contributed by atoms with Crippen LogP contribution in [0, 0.1) is 18.7 Å². The van der Waals surface area contributed by atoms with Crippen molar-refractivity contribution in [2.24, 2.45) is 5.92 Å². The van der Waals surface area contributed by atoms with E-state index in [0.29, 0.717) is 34.1 Å². The van der Waals surface area contributed by atoms with Gasteiger partial charge in [-0.3, -0.25) is 0 Å². The summed E-state index contributed by atoms with van der Waals surface area (Å²) in [4.78, 5) is 12.8. The Labute approximate surface area is 194 Å². The van der Waals surface area contributed by atoms with Gasteiger partial charge >= 0.3 is 0 Å². The molecule has 5 rings (SSSR count). The van der Waals surface area contributed by atoms with E-state index in [-0.39, 0.29) is 16.8 Å². The van der Waals surface area contributed by atoms with Crippen molar-refractivity contribution < 1.29 is 14.6 Å². The van der Waals surface area contributed by atoms with Gasteiger partial charge in [0, 0.05) is 17.0 Å². The summed E-state index contributed by atoms with van der Waals surface area (Å²) in [6, 6.07) is 6.13. The molecule has 1 aliphatic carbocycles. The first-order chi connectivity index (χ1) is 15.7. The highest BCUT2D eigenvalue weighted by atomic mass is 35.5. The van der Waals surface area contributed by atoms with Crippen molar-refractivity contribution in [3.05, 3.63) is 70.5 Å². The van der Waals surface area contributed by atoms with Gasteiger partial charge in [-0.05, 0) is 54.7 Å². The van der Waals surface area contributed by atoms with Crippen LogP contribution in [0.2, 0.25) is 5.02 Å². The van der Waals surface area contributed by atoms with Crippen molar-refractivity contribution in [2.75, 3.05) is 5.73 Å². The number of nitrogens with two attached hydrogens (primary N) is 1. The maximum Gasteiger partial charge on any atom is 0.144 e. The number of hydrogen-bond donors (Lipinski definition) is 3. The van der Waals surface area contributed by atoms with Crippen LogP contribution in [-0.2, 0) is 6.42 Å². The van der Waals surface area contributed by atoms with Gasteiger partial charge in [-0.25, -0.2) is 19.3 Å². The Kier molecular flexibility index (Phi) is 5.31. The Morgan fingerprint density at radius 3 is 2.79 bits per heavy atom. The van der Waals surface area contributed by atoms with Crippen molar-refractivity contribution >= 4 is 39.4 Å². The minimum absolute atomic E-state index is 0.145. The first kappa shape index (κ1) is 21.8.